The van der Waals surface area contributed by atoms with Gasteiger partial charge in [-0.3, -0.25) is 0 Å². The van der Waals surface area contributed by atoms with Crippen molar-refractivity contribution in [1.29, 1.82) is 0 Å². The van der Waals surface area contributed by atoms with Crippen molar-refractivity contribution in [3.63, 3.8) is 0 Å². The Hall–Kier alpha value is -1.95. The molecule has 1 aliphatic rings. The molecule has 26 heavy (non-hydrogen) atoms. The predicted octanol–water partition coefficient (Wildman–Crippen LogP) is 3.89. The Bertz CT molecular complexity index is 901. The highest BCUT2D eigenvalue weighted by Gasteiger charge is 2.37. The molecular weight excluding hydrogens is 387 g/mol. The Morgan fingerprint density at radius 2 is 1.88 bits per heavy atom. The molecule has 0 bridgehead atoms. The van der Waals surface area contributed by atoms with E-state index in [4.69, 9.17) is 0 Å². The van der Waals surface area contributed by atoms with Crippen LogP contribution in [0.3, 0.4) is 0 Å². The van der Waals surface area contributed by atoms with Crippen LogP contribution in [0.4, 0.5) is 18.3 Å². The lowest BCUT2D eigenvalue weighted by Crippen LogP contribution is -2.21. The molecule has 1 N–H and O–H groups in total. The number of anilines is 1. The van der Waals surface area contributed by atoms with E-state index in [2.05, 4.69) is 30.8 Å². The number of hydrogen-bond acceptors (Lipinski definition) is 8. The predicted molar refractivity (Wildman–Crippen MR) is 90.3 cm³/mol. The summed E-state index contributed by atoms with van der Waals surface area (Å²) in [5, 5.41) is 23.3. The molecule has 1 aliphatic carbocycles. The third-order valence-electron chi connectivity index (χ3n) is 4.02. The van der Waals surface area contributed by atoms with E-state index >= 15 is 0 Å². The van der Waals surface area contributed by atoms with E-state index in [1.165, 1.54) is 36.7 Å². The molecule has 0 atom stereocenters. The van der Waals surface area contributed by atoms with Crippen molar-refractivity contribution in [3.05, 3.63) is 18.0 Å². The minimum atomic E-state index is -4.62. The van der Waals surface area contributed by atoms with Gasteiger partial charge in [-0.25, -0.2) is 0 Å². The van der Waals surface area contributed by atoms with Crippen LogP contribution in [0.25, 0.3) is 5.65 Å². The highest BCUT2D eigenvalue weighted by molar-refractivity contribution is 8.01. The lowest BCUT2D eigenvalue weighted by molar-refractivity contribution is -0.146. The van der Waals surface area contributed by atoms with Crippen LogP contribution in [0.15, 0.2) is 21.5 Å². The first-order chi connectivity index (χ1) is 12.5. The van der Waals surface area contributed by atoms with Crippen LogP contribution in [-0.2, 0) is 6.18 Å². The molecule has 0 aromatic carbocycles. The van der Waals surface area contributed by atoms with Crippen molar-refractivity contribution in [2.75, 3.05) is 5.32 Å². The van der Waals surface area contributed by atoms with E-state index in [0.29, 0.717) is 19.9 Å². The van der Waals surface area contributed by atoms with Gasteiger partial charge in [-0.15, -0.1) is 20.4 Å². The molecule has 12 heteroatoms. The second-order valence-corrected chi connectivity index (χ2v) is 8.16. The van der Waals surface area contributed by atoms with Gasteiger partial charge in [0.05, 0.1) is 0 Å². The summed E-state index contributed by atoms with van der Waals surface area (Å²) >= 11 is 2.52. The molecule has 1 fully saturated rings. The topological polar surface area (TPSA) is 80.9 Å². The van der Waals surface area contributed by atoms with Gasteiger partial charge >= 0.3 is 6.18 Å². The monoisotopic (exact) mass is 401 g/mol. The van der Waals surface area contributed by atoms with Crippen LogP contribution < -0.4 is 5.32 Å². The summed E-state index contributed by atoms with van der Waals surface area (Å²) in [5.74, 6) is -1.15. The lowest BCUT2D eigenvalue weighted by Gasteiger charge is -2.21. The summed E-state index contributed by atoms with van der Waals surface area (Å²) < 4.78 is 40.1. The summed E-state index contributed by atoms with van der Waals surface area (Å²) in [6.07, 6.45) is 1.31. The number of fused-ring (bicyclic) bond motifs is 1. The Balaban J connectivity index is 1.50. The highest BCUT2D eigenvalue weighted by atomic mass is 32.2. The zero-order valence-electron chi connectivity index (χ0n) is 13.4. The second kappa shape index (κ2) is 6.99. The lowest BCUT2D eigenvalue weighted by atomic mass is 9.96. The number of nitrogens with zero attached hydrogens (tertiary/aromatic N) is 6. The summed E-state index contributed by atoms with van der Waals surface area (Å²) in [4.78, 5) is 0. The van der Waals surface area contributed by atoms with Gasteiger partial charge in [0.25, 0.3) is 5.82 Å². The molecule has 3 aromatic rings. The van der Waals surface area contributed by atoms with Gasteiger partial charge in [-0.1, -0.05) is 30.6 Å². The molecule has 0 saturated heterocycles. The summed E-state index contributed by atoms with van der Waals surface area (Å²) in [7, 11) is 0. The van der Waals surface area contributed by atoms with Crippen LogP contribution in [0.5, 0.6) is 0 Å². The zero-order chi connectivity index (χ0) is 18.1. The van der Waals surface area contributed by atoms with Gasteiger partial charge in [-0.2, -0.15) is 22.8 Å². The number of rotatable bonds is 4. The normalized spacial score (nSPS) is 16.3. The number of halogens is 3. The van der Waals surface area contributed by atoms with Gasteiger partial charge in [0.2, 0.25) is 5.13 Å². The van der Waals surface area contributed by atoms with Gasteiger partial charge in [-0.05, 0) is 36.7 Å². The first-order valence-electron chi connectivity index (χ1n) is 8.06. The van der Waals surface area contributed by atoms with Crippen LogP contribution in [0.2, 0.25) is 0 Å². The van der Waals surface area contributed by atoms with Gasteiger partial charge in [0.15, 0.2) is 9.99 Å². The number of hydrogen-bond donors (Lipinski definition) is 1. The molecule has 0 radical (unpaired) electrons. The van der Waals surface area contributed by atoms with E-state index in [-0.39, 0.29) is 5.65 Å². The Morgan fingerprint density at radius 3 is 2.65 bits per heavy atom. The van der Waals surface area contributed by atoms with Gasteiger partial charge < -0.3 is 5.32 Å². The van der Waals surface area contributed by atoms with Crippen molar-refractivity contribution in [1.82, 2.24) is 30.0 Å². The van der Waals surface area contributed by atoms with Gasteiger partial charge in [0, 0.05) is 6.04 Å². The van der Waals surface area contributed by atoms with E-state index in [9.17, 15) is 13.2 Å². The van der Waals surface area contributed by atoms with Crippen LogP contribution in [0.1, 0.15) is 37.9 Å². The van der Waals surface area contributed by atoms with E-state index in [1.54, 1.807) is 6.07 Å². The van der Waals surface area contributed by atoms with Crippen molar-refractivity contribution < 1.29 is 13.2 Å². The molecule has 0 amide bonds. The molecule has 138 valence electrons. The van der Waals surface area contributed by atoms with E-state index in [1.807, 2.05) is 0 Å². The Labute approximate surface area is 154 Å². The van der Waals surface area contributed by atoms with Gasteiger partial charge in [0.1, 0.15) is 5.03 Å². The fourth-order valence-corrected chi connectivity index (χ4v) is 4.56. The first-order valence-corrected chi connectivity index (χ1v) is 9.70. The molecule has 0 spiro atoms. The Morgan fingerprint density at radius 1 is 1.08 bits per heavy atom. The standard InChI is InChI=1S/C14H14F3N7S2/c15-14(16,17)11-20-19-9-6-7-10(23-24(9)11)25-13-22-21-12(26-13)18-8-4-2-1-3-5-8/h6-8H,1-5H2,(H,18,21). The average Bonchev–Trinajstić information content (AvgIpc) is 3.22. The minimum absolute atomic E-state index is 0.0404. The molecule has 0 unspecified atom stereocenters. The van der Waals surface area contributed by atoms with Crippen LogP contribution in [0, 0.1) is 0 Å². The van der Waals surface area contributed by atoms with Crippen LogP contribution >= 0.6 is 23.1 Å². The van der Waals surface area contributed by atoms with Crippen molar-refractivity contribution in [3.8, 4) is 0 Å². The minimum Gasteiger partial charge on any atom is -0.357 e. The summed E-state index contributed by atoms with van der Waals surface area (Å²) in [5.41, 5.74) is 0.0404. The SMILES string of the molecule is FC(F)(F)c1nnc2ccc(Sc3nnc(NC4CCCCC4)s3)nn12. The molecule has 3 heterocycles. The highest BCUT2D eigenvalue weighted by Crippen LogP contribution is 2.33. The fraction of sp³-hybridized carbons (Fsp3) is 0.500. The van der Waals surface area contributed by atoms with Crippen molar-refractivity contribution >= 4 is 33.9 Å². The molecular formula is C14H14F3N7S2. The van der Waals surface area contributed by atoms with E-state index < -0.39 is 12.0 Å². The third kappa shape index (κ3) is 3.75. The van der Waals surface area contributed by atoms with E-state index in [0.717, 1.165) is 29.7 Å². The average molecular weight is 401 g/mol. The molecule has 4 rings (SSSR count). The quantitative estimate of drug-likeness (QED) is 0.710. The summed E-state index contributed by atoms with van der Waals surface area (Å²) in [6.45, 7) is 0. The largest absolute Gasteiger partial charge is 0.453 e. The Kier molecular flexibility index (Phi) is 4.69. The smallest absolute Gasteiger partial charge is 0.357 e. The van der Waals surface area contributed by atoms with Crippen molar-refractivity contribution in [2.45, 2.75) is 53.7 Å². The molecule has 3 aromatic heterocycles. The maximum Gasteiger partial charge on any atom is 0.453 e. The maximum absolute atomic E-state index is 12.9. The first kappa shape index (κ1) is 17.5. The fourth-order valence-electron chi connectivity index (χ4n) is 2.82. The number of nitrogens with one attached hydrogen (secondary N) is 1. The molecule has 0 aliphatic heterocycles. The molecule has 7 nitrogen and oxygen atoms in total. The maximum atomic E-state index is 12.9. The van der Waals surface area contributed by atoms with Crippen molar-refractivity contribution in [2.24, 2.45) is 0 Å². The molecule has 1 saturated carbocycles. The second-order valence-electron chi connectivity index (χ2n) is 5.92. The summed E-state index contributed by atoms with van der Waals surface area (Å²) in [6, 6.07) is 3.44. The number of aromatic nitrogens is 6. The third-order valence-corrected chi connectivity index (χ3v) is 5.86. The number of alkyl halides is 3. The zero-order valence-corrected chi connectivity index (χ0v) is 15.0. The van der Waals surface area contributed by atoms with Crippen LogP contribution in [-0.4, -0.2) is 36.1 Å².